The lowest BCUT2D eigenvalue weighted by molar-refractivity contribution is 0.358. The molecule has 0 amide bonds. The van der Waals surface area contributed by atoms with Crippen molar-refractivity contribution in [3.63, 3.8) is 0 Å². The molecule has 0 bridgehead atoms. The van der Waals surface area contributed by atoms with Gasteiger partial charge >= 0.3 is 0 Å². The van der Waals surface area contributed by atoms with E-state index >= 15 is 0 Å². The molecule has 1 aromatic rings. The summed E-state index contributed by atoms with van der Waals surface area (Å²) in [6, 6.07) is 3.74. The highest BCUT2D eigenvalue weighted by atomic mass is 79.9. The van der Waals surface area contributed by atoms with Crippen molar-refractivity contribution < 1.29 is 4.74 Å². The SMILES string of the molecule is C=CCOc1c(Br)cc(C=NNC(N)=S)cc1Br. The summed E-state index contributed by atoms with van der Waals surface area (Å²) in [6.45, 7) is 4.04. The summed E-state index contributed by atoms with van der Waals surface area (Å²) >= 11 is 11.5. The number of hydrazone groups is 1. The average molecular weight is 393 g/mol. The molecule has 0 fully saturated rings. The average Bonchev–Trinajstić information content (AvgIpc) is 2.27. The Kier molecular flexibility index (Phi) is 6.31. The number of nitrogens with zero attached hydrogens (tertiary/aromatic N) is 1. The van der Waals surface area contributed by atoms with Crippen LogP contribution < -0.4 is 15.9 Å². The van der Waals surface area contributed by atoms with E-state index in [4.69, 9.17) is 10.5 Å². The molecule has 0 aromatic heterocycles. The fraction of sp³-hybridized carbons (Fsp3) is 0.0909. The molecule has 0 unspecified atom stereocenters. The van der Waals surface area contributed by atoms with Crippen LogP contribution in [0.4, 0.5) is 0 Å². The molecule has 7 heteroatoms. The van der Waals surface area contributed by atoms with Crippen molar-refractivity contribution in [2.75, 3.05) is 6.61 Å². The van der Waals surface area contributed by atoms with Crippen molar-refractivity contribution in [2.45, 2.75) is 0 Å². The summed E-state index contributed by atoms with van der Waals surface area (Å²) in [6.07, 6.45) is 3.28. The molecule has 0 aliphatic heterocycles. The first-order valence-electron chi connectivity index (χ1n) is 4.86. The first-order chi connectivity index (χ1) is 8.54. The van der Waals surface area contributed by atoms with Gasteiger partial charge in [0.15, 0.2) is 5.11 Å². The predicted octanol–water partition coefficient (Wildman–Crippen LogP) is 2.94. The van der Waals surface area contributed by atoms with Gasteiger partial charge in [-0.2, -0.15) is 5.10 Å². The molecule has 3 N–H and O–H groups in total. The van der Waals surface area contributed by atoms with Gasteiger partial charge in [-0.05, 0) is 61.8 Å². The largest absolute Gasteiger partial charge is 0.487 e. The number of ether oxygens (including phenoxy) is 1. The van der Waals surface area contributed by atoms with Gasteiger partial charge in [0.25, 0.3) is 0 Å². The van der Waals surface area contributed by atoms with Crippen molar-refractivity contribution >= 4 is 55.4 Å². The van der Waals surface area contributed by atoms with Crippen molar-refractivity contribution in [1.82, 2.24) is 5.43 Å². The number of nitrogens with two attached hydrogens (primary N) is 1. The zero-order valence-corrected chi connectivity index (χ0v) is 13.3. The Morgan fingerprint density at radius 3 is 2.61 bits per heavy atom. The number of nitrogens with one attached hydrogen (secondary N) is 1. The van der Waals surface area contributed by atoms with Gasteiger partial charge in [-0.3, -0.25) is 5.43 Å². The van der Waals surface area contributed by atoms with Crippen LogP contribution in [0.2, 0.25) is 0 Å². The fourth-order valence-corrected chi connectivity index (χ4v) is 2.61. The number of benzene rings is 1. The molecule has 1 aromatic carbocycles. The van der Waals surface area contributed by atoms with Crippen LogP contribution in [0, 0.1) is 0 Å². The second-order valence-corrected chi connectivity index (χ2v) is 5.30. The molecule has 0 radical (unpaired) electrons. The van der Waals surface area contributed by atoms with Crippen LogP contribution in [0.5, 0.6) is 5.75 Å². The molecule has 1 rings (SSSR count). The molecule has 0 saturated carbocycles. The Morgan fingerprint density at radius 1 is 1.50 bits per heavy atom. The van der Waals surface area contributed by atoms with Crippen LogP contribution in [0.3, 0.4) is 0 Å². The highest BCUT2D eigenvalue weighted by Crippen LogP contribution is 2.34. The minimum absolute atomic E-state index is 0.121. The van der Waals surface area contributed by atoms with E-state index in [0.717, 1.165) is 14.5 Å². The standard InChI is InChI=1S/C11H11Br2N3OS/c1-2-3-17-10-8(12)4-7(5-9(10)13)6-15-16-11(14)18/h2,4-6H,1,3H2,(H3,14,16,18). The molecule has 4 nitrogen and oxygen atoms in total. The lowest BCUT2D eigenvalue weighted by Gasteiger charge is -2.09. The Hall–Kier alpha value is -0.920. The summed E-state index contributed by atoms with van der Waals surface area (Å²) in [5, 5.41) is 4.00. The molecule has 0 spiro atoms. The van der Waals surface area contributed by atoms with Gasteiger partial charge in [0.1, 0.15) is 12.4 Å². The highest BCUT2D eigenvalue weighted by Gasteiger charge is 2.07. The smallest absolute Gasteiger partial charge is 0.184 e. The summed E-state index contributed by atoms with van der Waals surface area (Å²) in [7, 11) is 0. The minimum atomic E-state index is 0.121. The summed E-state index contributed by atoms with van der Waals surface area (Å²) in [5.74, 6) is 0.717. The molecule has 0 atom stereocenters. The van der Waals surface area contributed by atoms with Gasteiger partial charge in [-0.15, -0.1) is 0 Å². The van der Waals surface area contributed by atoms with E-state index in [1.54, 1.807) is 12.3 Å². The molecule has 0 saturated heterocycles. The van der Waals surface area contributed by atoms with E-state index in [1.807, 2.05) is 12.1 Å². The van der Waals surface area contributed by atoms with E-state index in [9.17, 15) is 0 Å². The predicted molar refractivity (Wildman–Crippen MR) is 85.0 cm³/mol. The molecular formula is C11H11Br2N3OS. The van der Waals surface area contributed by atoms with Gasteiger partial charge in [-0.1, -0.05) is 12.7 Å². The Morgan fingerprint density at radius 2 is 2.11 bits per heavy atom. The number of halogens is 2. The van der Waals surface area contributed by atoms with Crippen LogP contribution in [-0.2, 0) is 0 Å². The molecule has 0 heterocycles. The minimum Gasteiger partial charge on any atom is -0.487 e. The maximum Gasteiger partial charge on any atom is 0.184 e. The first-order valence-corrected chi connectivity index (χ1v) is 6.85. The van der Waals surface area contributed by atoms with E-state index in [0.29, 0.717) is 12.4 Å². The zero-order chi connectivity index (χ0) is 13.5. The first kappa shape index (κ1) is 15.1. The maximum absolute atomic E-state index is 5.50. The molecule has 18 heavy (non-hydrogen) atoms. The van der Waals surface area contributed by atoms with E-state index in [-0.39, 0.29) is 5.11 Å². The van der Waals surface area contributed by atoms with E-state index < -0.39 is 0 Å². The fourth-order valence-electron chi connectivity index (χ4n) is 1.10. The van der Waals surface area contributed by atoms with Crippen LogP contribution >= 0.6 is 44.1 Å². The van der Waals surface area contributed by atoms with Gasteiger partial charge in [0, 0.05) is 0 Å². The normalized spacial score (nSPS) is 10.3. The van der Waals surface area contributed by atoms with E-state index in [2.05, 4.69) is 61.2 Å². The lowest BCUT2D eigenvalue weighted by atomic mass is 10.2. The number of hydrogen-bond donors (Lipinski definition) is 2. The molecule has 0 aliphatic carbocycles. The quantitative estimate of drug-likeness (QED) is 0.350. The van der Waals surface area contributed by atoms with Crippen molar-refractivity contribution in [3.8, 4) is 5.75 Å². The van der Waals surface area contributed by atoms with Crippen LogP contribution in [-0.4, -0.2) is 17.9 Å². The van der Waals surface area contributed by atoms with Crippen molar-refractivity contribution in [2.24, 2.45) is 10.8 Å². The van der Waals surface area contributed by atoms with Gasteiger partial charge in [0.2, 0.25) is 0 Å². The van der Waals surface area contributed by atoms with Crippen LogP contribution in [0.15, 0.2) is 38.8 Å². The lowest BCUT2D eigenvalue weighted by Crippen LogP contribution is -2.23. The molecular weight excluding hydrogens is 382 g/mol. The summed E-state index contributed by atoms with van der Waals surface area (Å²) < 4.78 is 7.13. The number of hydrogen-bond acceptors (Lipinski definition) is 3. The van der Waals surface area contributed by atoms with Crippen molar-refractivity contribution in [1.29, 1.82) is 0 Å². The highest BCUT2D eigenvalue weighted by molar-refractivity contribution is 9.11. The van der Waals surface area contributed by atoms with Gasteiger partial charge in [-0.25, -0.2) is 0 Å². The second kappa shape index (κ2) is 7.50. The Labute approximate surface area is 128 Å². The second-order valence-electron chi connectivity index (χ2n) is 3.15. The molecule has 96 valence electrons. The molecule has 0 aliphatic rings. The topological polar surface area (TPSA) is 59.6 Å². The van der Waals surface area contributed by atoms with Crippen molar-refractivity contribution in [3.05, 3.63) is 39.3 Å². The van der Waals surface area contributed by atoms with E-state index in [1.165, 1.54) is 0 Å². The zero-order valence-electron chi connectivity index (χ0n) is 9.32. The third-order valence-corrected chi connectivity index (χ3v) is 3.02. The Balaban J connectivity index is 2.88. The third-order valence-electron chi connectivity index (χ3n) is 1.75. The monoisotopic (exact) mass is 391 g/mol. The Bertz CT molecular complexity index is 468. The number of thiocarbonyl (C=S) groups is 1. The third kappa shape index (κ3) is 4.75. The summed E-state index contributed by atoms with van der Waals surface area (Å²) in [5.41, 5.74) is 8.60. The number of rotatable bonds is 5. The van der Waals surface area contributed by atoms with Gasteiger partial charge in [0.05, 0.1) is 15.2 Å². The van der Waals surface area contributed by atoms with Gasteiger partial charge < -0.3 is 10.5 Å². The van der Waals surface area contributed by atoms with Crippen LogP contribution in [0.1, 0.15) is 5.56 Å². The van der Waals surface area contributed by atoms with Crippen LogP contribution in [0.25, 0.3) is 0 Å². The summed E-state index contributed by atoms with van der Waals surface area (Å²) in [4.78, 5) is 0. The maximum atomic E-state index is 5.50.